The minimum Gasteiger partial charge on any atom is -0.451 e. The van der Waals surface area contributed by atoms with Gasteiger partial charge in [-0.25, -0.2) is 14.4 Å². The molecule has 4 saturated heterocycles. The first kappa shape index (κ1) is 36.7. The molecule has 0 saturated carbocycles. The van der Waals surface area contributed by atoms with E-state index in [9.17, 15) is 17.6 Å². The highest BCUT2D eigenvalue weighted by Gasteiger charge is 2.46. The van der Waals surface area contributed by atoms with E-state index < -0.39 is 16.0 Å². The lowest BCUT2D eigenvalue weighted by atomic mass is 9.72. The molecule has 1 aromatic heterocycles. The highest BCUT2D eigenvalue weighted by molar-refractivity contribution is 7.86. The van der Waals surface area contributed by atoms with E-state index in [0.717, 1.165) is 58.4 Å². The van der Waals surface area contributed by atoms with Gasteiger partial charge in [-0.2, -0.15) is 17.0 Å². The maximum atomic E-state index is 14.3. The molecule has 48 heavy (non-hydrogen) atoms. The molecule has 0 radical (unpaired) electrons. The molecule has 0 aliphatic carbocycles. The summed E-state index contributed by atoms with van der Waals surface area (Å²) < 4.78 is 50.0. The normalized spacial score (nSPS) is 21.1. The van der Waals surface area contributed by atoms with Crippen LogP contribution in [0.2, 0.25) is 0 Å². The lowest BCUT2D eigenvalue weighted by molar-refractivity contribution is 0.0607. The predicted molar refractivity (Wildman–Crippen MR) is 186 cm³/mol. The summed E-state index contributed by atoms with van der Waals surface area (Å²) in [5.74, 6) is 1.14. The number of nitrogens with one attached hydrogen (secondary N) is 1. The zero-order valence-electron chi connectivity index (χ0n) is 28.3. The summed E-state index contributed by atoms with van der Waals surface area (Å²) in [5, 5.41) is 3.23. The van der Waals surface area contributed by atoms with E-state index in [1.807, 2.05) is 20.8 Å². The fraction of sp³-hybridized carbons (Fsp3) is 0.667. The minimum atomic E-state index is -3.36. The van der Waals surface area contributed by atoms with Gasteiger partial charge in [-0.3, -0.25) is 4.79 Å². The molecular weight excluding hydrogens is 659 g/mol. The summed E-state index contributed by atoms with van der Waals surface area (Å²) in [5.41, 5.74) is 0.393. The van der Waals surface area contributed by atoms with E-state index in [-0.39, 0.29) is 41.1 Å². The third-order valence-corrected chi connectivity index (χ3v) is 12.4. The molecule has 0 unspecified atom stereocenters. The molecular formula is C33H50ClFN8O4S. The first-order valence-corrected chi connectivity index (χ1v) is 18.5. The second-order valence-corrected chi connectivity index (χ2v) is 15.7. The number of ether oxygens (including phenoxy) is 1. The number of benzene rings is 1. The van der Waals surface area contributed by atoms with Crippen molar-refractivity contribution < 1.29 is 22.3 Å². The Labute approximate surface area is 290 Å². The van der Waals surface area contributed by atoms with Crippen molar-refractivity contribution in [3.8, 4) is 11.5 Å². The smallest absolute Gasteiger partial charge is 0.282 e. The van der Waals surface area contributed by atoms with Crippen LogP contribution in [0.15, 0.2) is 30.7 Å². The van der Waals surface area contributed by atoms with Crippen LogP contribution < -0.4 is 15.0 Å². The number of amides is 1. The van der Waals surface area contributed by atoms with Crippen molar-refractivity contribution in [1.82, 2.24) is 33.7 Å². The SMILES string of the molecule is CCN(C(=O)c1cc(F)ccc1Oc1cncnc1N1CC2(CCN(CC3CCN(S(=O)(=O)N4CCNCC4)CC3)CC2)C1)C(C)C.Cl. The number of piperidine rings is 2. The summed E-state index contributed by atoms with van der Waals surface area (Å²) in [7, 11) is -3.36. The van der Waals surface area contributed by atoms with Crippen LogP contribution in [0.5, 0.6) is 11.5 Å². The fourth-order valence-corrected chi connectivity index (χ4v) is 9.20. The second-order valence-electron chi connectivity index (χ2n) is 13.8. The van der Waals surface area contributed by atoms with E-state index >= 15 is 0 Å². The number of likely N-dealkylation sites (tertiary alicyclic amines) is 1. The Morgan fingerprint density at radius 1 is 1.06 bits per heavy atom. The molecule has 1 aromatic carbocycles. The Bertz CT molecular complexity index is 1500. The van der Waals surface area contributed by atoms with Crippen LogP contribution in [0.3, 0.4) is 0 Å². The van der Waals surface area contributed by atoms with E-state index in [4.69, 9.17) is 4.74 Å². The number of nitrogens with zero attached hydrogens (tertiary/aromatic N) is 7. The Hall–Kier alpha value is -2.62. The van der Waals surface area contributed by atoms with Gasteiger partial charge in [0.1, 0.15) is 17.9 Å². The van der Waals surface area contributed by atoms with Gasteiger partial charge in [-0.1, -0.05) is 0 Å². The summed E-state index contributed by atoms with van der Waals surface area (Å²) in [6.45, 7) is 14.8. The Kier molecular flexibility index (Phi) is 11.8. The molecule has 12 nitrogen and oxygen atoms in total. The van der Waals surface area contributed by atoms with Crippen molar-refractivity contribution in [2.24, 2.45) is 11.3 Å². The number of halogens is 2. The monoisotopic (exact) mass is 708 g/mol. The van der Waals surface area contributed by atoms with Gasteiger partial charge < -0.3 is 24.8 Å². The van der Waals surface area contributed by atoms with Crippen LogP contribution in [0.25, 0.3) is 0 Å². The van der Waals surface area contributed by atoms with E-state index in [2.05, 4.69) is 25.1 Å². The van der Waals surface area contributed by atoms with Crippen molar-refractivity contribution in [2.75, 3.05) is 83.4 Å². The lowest BCUT2D eigenvalue weighted by Crippen LogP contribution is -2.61. The summed E-state index contributed by atoms with van der Waals surface area (Å²) >= 11 is 0. The molecule has 0 bridgehead atoms. The molecule has 4 fully saturated rings. The average Bonchev–Trinajstić information content (AvgIpc) is 3.06. The van der Waals surface area contributed by atoms with Crippen LogP contribution in [0, 0.1) is 17.2 Å². The quantitative estimate of drug-likeness (QED) is 0.397. The van der Waals surface area contributed by atoms with Crippen LogP contribution in [0.1, 0.15) is 56.8 Å². The highest BCUT2D eigenvalue weighted by atomic mass is 35.5. The molecule has 15 heteroatoms. The van der Waals surface area contributed by atoms with Crippen LogP contribution in [-0.4, -0.2) is 127 Å². The fourth-order valence-electron chi connectivity index (χ4n) is 7.56. The minimum absolute atomic E-state index is 0. The molecule has 4 aliphatic heterocycles. The summed E-state index contributed by atoms with van der Waals surface area (Å²) in [6, 6.07) is 3.99. The zero-order valence-corrected chi connectivity index (χ0v) is 29.9. The van der Waals surface area contributed by atoms with Crippen molar-refractivity contribution in [3.63, 3.8) is 0 Å². The third-order valence-electron chi connectivity index (χ3n) is 10.4. The summed E-state index contributed by atoms with van der Waals surface area (Å²) in [4.78, 5) is 28.5. The van der Waals surface area contributed by atoms with Crippen molar-refractivity contribution in [3.05, 3.63) is 42.1 Å². The molecule has 2 aromatic rings. The number of hydrogen-bond acceptors (Lipinski definition) is 9. The number of rotatable bonds is 10. The van der Waals surface area contributed by atoms with Gasteiger partial charge in [0, 0.05) is 76.9 Å². The van der Waals surface area contributed by atoms with Crippen molar-refractivity contribution >= 4 is 34.3 Å². The number of carbonyl (C=O) groups excluding carboxylic acids is 1. The Morgan fingerprint density at radius 3 is 2.38 bits per heavy atom. The first-order valence-electron chi connectivity index (χ1n) is 17.1. The van der Waals surface area contributed by atoms with Crippen LogP contribution in [-0.2, 0) is 10.2 Å². The molecule has 1 spiro atoms. The van der Waals surface area contributed by atoms with Gasteiger partial charge in [0.05, 0.1) is 11.8 Å². The largest absolute Gasteiger partial charge is 0.451 e. The maximum Gasteiger partial charge on any atom is 0.282 e. The highest BCUT2D eigenvalue weighted by Crippen LogP contribution is 2.45. The molecule has 5 heterocycles. The van der Waals surface area contributed by atoms with Crippen molar-refractivity contribution in [1.29, 1.82) is 0 Å². The maximum absolute atomic E-state index is 14.3. The van der Waals surface area contributed by atoms with Crippen molar-refractivity contribution in [2.45, 2.75) is 52.5 Å². The predicted octanol–water partition coefficient (Wildman–Crippen LogP) is 3.46. The molecule has 0 atom stereocenters. The molecule has 1 amide bonds. The van der Waals surface area contributed by atoms with Crippen LogP contribution >= 0.6 is 12.4 Å². The average molecular weight is 709 g/mol. The molecule has 4 aliphatic rings. The molecule has 266 valence electrons. The van der Waals surface area contributed by atoms with Crippen LogP contribution in [0.4, 0.5) is 10.2 Å². The molecule has 6 rings (SSSR count). The standard InChI is InChI=1S/C33H49FN8O4S.ClH/c1-4-42(25(2)3)32(43)28-19-27(34)5-6-29(28)46-30-20-36-24-37-31(30)39-22-33(23-39)9-15-38(16-10-33)21-26-7-13-40(14-8-26)47(44,45)41-17-11-35-12-18-41;/h5-6,19-20,24-26,35H,4,7-18,21-23H2,1-3H3;1H. The second kappa shape index (κ2) is 15.5. The van der Waals surface area contributed by atoms with Gasteiger partial charge >= 0.3 is 0 Å². The number of anilines is 1. The number of piperazine rings is 1. The van der Waals surface area contributed by atoms with Gasteiger partial charge in [0.15, 0.2) is 11.6 Å². The van der Waals surface area contributed by atoms with E-state index in [1.54, 1.807) is 19.7 Å². The topological polar surface area (TPSA) is 114 Å². The van der Waals surface area contributed by atoms with Gasteiger partial charge in [0.2, 0.25) is 0 Å². The van der Waals surface area contributed by atoms with Gasteiger partial charge in [-0.15, -0.1) is 12.4 Å². The zero-order chi connectivity index (χ0) is 33.2. The number of carbonyl (C=O) groups is 1. The Morgan fingerprint density at radius 2 is 1.73 bits per heavy atom. The number of hydrogen-bond donors (Lipinski definition) is 1. The van der Waals surface area contributed by atoms with E-state index in [1.165, 1.54) is 24.5 Å². The Balaban J connectivity index is 0.00000451. The molecule has 1 N–H and O–H groups in total. The summed E-state index contributed by atoms with van der Waals surface area (Å²) in [6.07, 6.45) is 7.12. The van der Waals surface area contributed by atoms with E-state index in [0.29, 0.717) is 63.3 Å². The third kappa shape index (κ3) is 7.89. The van der Waals surface area contributed by atoms with Gasteiger partial charge in [0.25, 0.3) is 16.1 Å². The first-order chi connectivity index (χ1) is 22.6. The number of aromatic nitrogens is 2. The van der Waals surface area contributed by atoms with Gasteiger partial charge in [-0.05, 0) is 83.7 Å². The lowest BCUT2D eigenvalue weighted by Gasteiger charge is -2.54.